The second-order valence-corrected chi connectivity index (χ2v) is 5.28. The van der Waals surface area contributed by atoms with Crippen molar-refractivity contribution in [1.29, 1.82) is 0 Å². The van der Waals surface area contributed by atoms with Crippen LogP contribution >= 0.6 is 11.3 Å². The highest BCUT2D eigenvalue weighted by molar-refractivity contribution is 7.15. The summed E-state index contributed by atoms with van der Waals surface area (Å²) in [5, 5.41) is 8.95. The second kappa shape index (κ2) is 5.71. The number of nitrogens with two attached hydrogens (primary N) is 1. The van der Waals surface area contributed by atoms with Gasteiger partial charge in [-0.05, 0) is 11.6 Å². The fourth-order valence-electron chi connectivity index (χ4n) is 1.91. The van der Waals surface area contributed by atoms with Gasteiger partial charge >= 0.3 is 0 Å². The third kappa shape index (κ3) is 2.78. The molecule has 5 heteroatoms. The van der Waals surface area contributed by atoms with E-state index in [0.29, 0.717) is 11.7 Å². The van der Waals surface area contributed by atoms with Gasteiger partial charge in [0.05, 0.1) is 0 Å². The Bertz CT molecular complexity index is 697. The number of benzene rings is 2. The topological polar surface area (TPSA) is 61.0 Å². The highest BCUT2D eigenvalue weighted by atomic mass is 32.1. The molecule has 2 N–H and O–H groups in total. The maximum Gasteiger partial charge on any atom is 0.203 e. The second-order valence-electron chi connectivity index (χ2n) is 4.18. The summed E-state index contributed by atoms with van der Waals surface area (Å²) in [7, 11) is 0. The molecule has 0 aliphatic carbocycles. The van der Waals surface area contributed by atoms with E-state index in [9.17, 15) is 0 Å². The van der Waals surface area contributed by atoms with Crippen molar-refractivity contribution in [3.63, 3.8) is 0 Å². The maximum absolute atomic E-state index is 5.84. The summed E-state index contributed by atoms with van der Waals surface area (Å²) in [4.78, 5) is 0. The van der Waals surface area contributed by atoms with Crippen LogP contribution in [-0.2, 0) is 6.61 Å². The summed E-state index contributed by atoms with van der Waals surface area (Å²) in [6.45, 7) is 0.374. The van der Waals surface area contributed by atoms with Crippen molar-refractivity contribution in [3.8, 4) is 16.9 Å². The number of aromatic nitrogens is 2. The molecule has 1 aromatic heterocycles. The Morgan fingerprint density at radius 1 is 0.950 bits per heavy atom. The van der Waals surface area contributed by atoms with Crippen molar-refractivity contribution in [2.75, 3.05) is 5.73 Å². The van der Waals surface area contributed by atoms with Crippen molar-refractivity contribution in [3.05, 3.63) is 59.6 Å². The van der Waals surface area contributed by atoms with Crippen LogP contribution < -0.4 is 10.5 Å². The molecule has 4 nitrogen and oxygen atoms in total. The van der Waals surface area contributed by atoms with Crippen molar-refractivity contribution < 1.29 is 4.74 Å². The number of hydrogen-bond donors (Lipinski definition) is 1. The van der Waals surface area contributed by atoms with Crippen molar-refractivity contribution in [2.45, 2.75) is 6.61 Å². The standard InChI is InChI=1S/C15H13N3OS/c16-15-18-17-14(20-15)10-19-13-9-5-4-8-12(13)11-6-2-1-3-7-11/h1-9H,10H2,(H2,16,18). The number of para-hydroxylation sites is 1. The Morgan fingerprint density at radius 2 is 1.70 bits per heavy atom. The average molecular weight is 283 g/mol. The van der Waals surface area contributed by atoms with Crippen LogP contribution in [0.3, 0.4) is 0 Å². The van der Waals surface area contributed by atoms with Gasteiger partial charge in [0.2, 0.25) is 5.13 Å². The van der Waals surface area contributed by atoms with Gasteiger partial charge in [-0.25, -0.2) is 0 Å². The van der Waals surface area contributed by atoms with Gasteiger partial charge in [-0.3, -0.25) is 0 Å². The van der Waals surface area contributed by atoms with E-state index in [4.69, 9.17) is 10.5 Å². The quantitative estimate of drug-likeness (QED) is 0.797. The third-order valence-corrected chi connectivity index (χ3v) is 3.53. The number of anilines is 1. The monoisotopic (exact) mass is 283 g/mol. The SMILES string of the molecule is Nc1nnc(COc2ccccc2-c2ccccc2)s1. The molecule has 2 aromatic carbocycles. The lowest BCUT2D eigenvalue weighted by atomic mass is 10.1. The molecule has 0 aliphatic rings. The average Bonchev–Trinajstić information content (AvgIpc) is 2.92. The van der Waals surface area contributed by atoms with Gasteiger partial charge in [0, 0.05) is 5.56 Å². The van der Waals surface area contributed by atoms with Crippen molar-refractivity contribution >= 4 is 16.5 Å². The minimum Gasteiger partial charge on any atom is -0.486 e. The van der Waals surface area contributed by atoms with Crippen LogP contribution in [0, 0.1) is 0 Å². The normalized spacial score (nSPS) is 10.4. The molecule has 0 bridgehead atoms. The third-order valence-electron chi connectivity index (χ3n) is 2.81. The van der Waals surface area contributed by atoms with Crippen LogP contribution in [0.25, 0.3) is 11.1 Å². The first-order valence-electron chi connectivity index (χ1n) is 6.18. The molecule has 0 radical (unpaired) electrons. The Morgan fingerprint density at radius 3 is 2.45 bits per heavy atom. The van der Waals surface area contributed by atoms with Gasteiger partial charge in [-0.1, -0.05) is 59.9 Å². The number of nitrogen functional groups attached to an aromatic ring is 1. The van der Waals surface area contributed by atoms with E-state index in [1.807, 2.05) is 42.5 Å². The van der Waals surface area contributed by atoms with Crippen LogP contribution in [0.5, 0.6) is 5.75 Å². The fraction of sp³-hybridized carbons (Fsp3) is 0.0667. The van der Waals surface area contributed by atoms with E-state index < -0.39 is 0 Å². The first-order chi connectivity index (χ1) is 9.83. The van der Waals surface area contributed by atoms with E-state index in [1.165, 1.54) is 11.3 Å². The van der Waals surface area contributed by atoms with Gasteiger partial charge in [0.15, 0.2) is 5.01 Å². The fourth-order valence-corrected chi connectivity index (χ4v) is 2.44. The van der Waals surface area contributed by atoms with Crippen LogP contribution in [-0.4, -0.2) is 10.2 Å². The molecular formula is C15H13N3OS. The molecule has 3 aromatic rings. The van der Waals surface area contributed by atoms with Gasteiger partial charge < -0.3 is 10.5 Å². The largest absolute Gasteiger partial charge is 0.486 e. The van der Waals surface area contributed by atoms with Crippen LogP contribution in [0.15, 0.2) is 54.6 Å². The highest BCUT2D eigenvalue weighted by Crippen LogP contribution is 2.30. The Labute approximate surface area is 120 Å². The number of ether oxygens (including phenoxy) is 1. The summed E-state index contributed by atoms with van der Waals surface area (Å²) in [5.74, 6) is 0.826. The van der Waals surface area contributed by atoms with E-state index in [0.717, 1.165) is 21.9 Å². The molecule has 0 spiro atoms. The Hall–Kier alpha value is -2.40. The molecule has 0 unspecified atom stereocenters. The predicted molar refractivity (Wildman–Crippen MR) is 80.5 cm³/mol. The van der Waals surface area contributed by atoms with Crippen molar-refractivity contribution in [1.82, 2.24) is 10.2 Å². The van der Waals surface area contributed by atoms with Gasteiger partial charge in [-0.2, -0.15) is 0 Å². The number of rotatable bonds is 4. The summed E-state index contributed by atoms with van der Waals surface area (Å²) >= 11 is 1.34. The molecule has 100 valence electrons. The lowest BCUT2D eigenvalue weighted by Crippen LogP contribution is -1.96. The van der Waals surface area contributed by atoms with Gasteiger partial charge in [0.1, 0.15) is 12.4 Å². The van der Waals surface area contributed by atoms with E-state index in [1.54, 1.807) is 0 Å². The van der Waals surface area contributed by atoms with E-state index >= 15 is 0 Å². The van der Waals surface area contributed by atoms with E-state index in [-0.39, 0.29) is 0 Å². The van der Waals surface area contributed by atoms with Crippen LogP contribution in [0.1, 0.15) is 5.01 Å². The zero-order chi connectivity index (χ0) is 13.8. The molecule has 20 heavy (non-hydrogen) atoms. The summed E-state index contributed by atoms with van der Waals surface area (Å²) < 4.78 is 5.84. The first kappa shape index (κ1) is 12.6. The molecule has 1 heterocycles. The summed E-state index contributed by atoms with van der Waals surface area (Å²) in [6, 6.07) is 18.1. The highest BCUT2D eigenvalue weighted by Gasteiger charge is 2.07. The molecule has 0 amide bonds. The minimum absolute atomic E-state index is 0.374. The first-order valence-corrected chi connectivity index (χ1v) is 7.00. The molecular weight excluding hydrogens is 270 g/mol. The Balaban J connectivity index is 1.83. The summed E-state index contributed by atoms with van der Waals surface area (Å²) in [6.07, 6.45) is 0. The van der Waals surface area contributed by atoms with Crippen LogP contribution in [0.4, 0.5) is 5.13 Å². The molecule has 0 saturated carbocycles. The van der Waals surface area contributed by atoms with Crippen LogP contribution in [0.2, 0.25) is 0 Å². The zero-order valence-electron chi connectivity index (χ0n) is 10.7. The number of hydrogen-bond acceptors (Lipinski definition) is 5. The van der Waals surface area contributed by atoms with E-state index in [2.05, 4.69) is 22.3 Å². The minimum atomic E-state index is 0.374. The molecule has 0 atom stereocenters. The summed E-state index contributed by atoms with van der Waals surface area (Å²) in [5.41, 5.74) is 7.74. The number of nitrogens with zero attached hydrogens (tertiary/aromatic N) is 2. The lowest BCUT2D eigenvalue weighted by Gasteiger charge is -2.10. The molecule has 0 saturated heterocycles. The molecule has 0 aliphatic heterocycles. The zero-order valence-corrected chi connectivity index (χ0v) is 11.5. The van der Waals surface area contributed by atoms with Gasteiger partial charge in [0.25, 0.3) is 0 Å². The van der Waals surface area contributed by atoms with Crippen molar-refractivity contribution in [2.24, 2.45) is 0 Å². The molecule has 3 rings (SSSR count). The smallest absolute Gasteiger partial charge is 0.203 e. The Kier molecular flexibility index (Phi) is 3.60. The van der Waals surface area contributed by atoms with Gasteiger partial charge in [-0.15, -0.1) is 10.2 Å². The maximum atomic E-state index is 5.84. The molecule has 0 fully saturated rings. The predicted octanol–water partition coefficient (Wildman–Crippen LogP) is 3.37. The lowest BCUT2D eigenvalue weighted by molar-refractivity contribution is 0.306.